The van der Waals surface area contributed by atoms with Crippen molar-refractivity contribution in [1.82, 2.24) is 0 Å². The molecule has 0 aromatic heterocycles. The molecule has 15 heavy (non-hydrogen) atoms. The molecule has 0 aliphatic heterocycles. The van der Waals surface area contributed by atoms with Gasteiger partial charge in [-0.05, 0) is 0 Å². The van der Waals surface area contributed by atoms with Gasteiger partial charge >= 0.3 is 15.6 Å². The summed E-state index contributed by atoms with van der Waals surface area (Å²) < 4.78 is 41.7. The Labute approximate surface area is 88.7 Å². The van der Waals surface area contributed by atoms with Crippen LogP contribution in [0.25, 0.3) is 0 Å². The molecule has 0 amide bonds. The van der Waals surface area contributed by atoms with Gasteiger partial charge in [-0.15, -0.1) is 0 Å². The molecule has 0 bridgehead atoms. The summed E-state index contributed by atoms with van der Waals surface area (Å²) in [6.45, 7) is 0. The zero-order valence-corrected chi connectivity index (χ0v) is 11.0. The highest BCUT2D eigenvalue weighted by atomic mass is 31.2. The van der Waals surface area contributed by atoms with Crippen molar-refractivity contribution in [3.63, 3.8) is 0 Å². The molecule has 0 aliphatic rings. The molecular weight excluding hydrogens is 250 g/mol. The first-order valence-electron chi connectivity index (χ1n) is 3.52. The molecule has 0 spiro atoms. The molecule has 1 N–H and O–H groups in total. The van der Waals surface area contributed by atoms with Gasteiger partial charge in [0, 0.05) is 35.5 Å². The summed E-state index contributed by atoms with van der Waals surface area (Å²) in [7, 11) is -0.840. The second-order valence-electron chi connectivity index (χ2n) is 1.83. The normalized spacial score (nSPS) is 11.9. The Morgan fingerprint density at radius 1 is 0.733 bits per heavy atom. The van der Waals surface area contributed by atoms with E-state index in [1.807, 2.05) is 0 Å². The highest BCUT2D eigenvalue weighted by molar-refractivity contribution is 7.48. The van der Waals surface area contributed by atoms with Crippen LogP contribution in [0.3, 0.4) is 0 Å². The Kier molecular flexibility index (Phi) is 9.84. The van der Waals surface area contributed by atoms with Gasteiger partial charge in [-0.2, -0.15) is 0 Å². The molecule has 0 aliphatic carbocycles. The third kappa shape index (κ3) is 9.17. The monoisotopic (exact) mass is 266 g/mol. The van der Waals surface area contributed by atoms with Crippen LogP contribution in [-0.2, 0) is 31.7 Å². The fraction of sp³-hybridized carbons (Fsp3) is 1.00. The van der Waals surface area contributed by atoms with Gasteiger partial charge in [-0.25, -0.2) is 9.13 Å². The van der Waals surface area contributed by atoms with E-state index in [9.17, 15) is 9.13 Å². The Hall–Kier alpha value is 0.220. The number of rotatable bonds is 5. The summed E-state index contributed by atoms with van der Waals surface area (Å²) in [5, 5.41) is 0. The lowest BCUT2D eigenvalue weighted by Gasteiger charge is -2.08. The first-order valence-corrected chi connectivity index (χ1v) is 6.48. The van der Waals surface area contributed by atoms with Gasteiger partial charge in [-0.1, -0.05) is 0 Å². The van der Waals surface area contributed by atoms with Gasteiger partial charge in [-0.3, -0.25) is 22.6 Å². The summed E-state index contributed by atoms with van der Waals surface area (Å²) in [6, 6.07) is 0. The smallest absolute Gasteiger partial charge is 0.303 e. The minimum atomic E-state index is -3.65. The zero-order valence-electron chi connectivity index (χ0n) is 9.20. The SMILES string of the molecule is COP(=O)(O)OC.COP(=O)(OC)OC. The minimum absolute atomic E-state index is 1.10. The molecule has 8 nitrogen and oxygen atoms in total. The van der Waals surface area contributed by atoms with E-state index in [-0.39, 0.29) is 0 Å². The van der Waals surface area contributed by atoms with Crippen molar-refractivity contribution in [2.24, 2.45) is 0 Å². The van der Waals surface area contributed by atoms with Gasteiger partial charge in [0.1, 0.15) is 0 Å². The van der Waals surface area contributed by atoms with Crippen LogP contribution in [0.2, 0.25) is 0 Å². The van der Waals surface area contributed by atoms with Gasteiger partial charge in [0.25, 0.3) is 0 Å². The second-order valence-corrected chi connectivity index (χ2v) is 5.49. The Morgan fingerprint density at radius 3 is 1.00 bits per heavy atom. The van der Waals surface area contributed by atoms with Crippen LogP contribution in [0, 0.1) is 0 Å². The number of hydrogen-bond donors (Lipinski definition) is 1. The Balaban J connectivity index is 0. The Bertz CT molecular complexity index is 214. The van der Waals surface area contributed by atoms with Crippen molar-refractivity contribution in [2.45, 2.75) is 0 Å². The van der Waals surface area contributed by atoms with Gasteiger partial charge in [0.2, 0.25) is 0 Å². The lowest BCUT2D eigenvalue weighted by molar-refractivity contribution is 0.178. The molecule has 0 radical (unpaired) electrons. The van der Waals surface area contributed by atoms with E-state index in [1.165, 1.54) is 21.3 Å². The number of hydrogen-bond acceptors (Lipinski definition) is 7. The van der Waals surface area contributed by atoms with Crippen molar-refractivity contribution in [2.75, 3.05) is 35.5 Å². The van der Waals surface area contributed by atoms with E-state index in [1.54, 1.807) is 0 Å². The highest BCUT2D eigenvalue weighted by Gasteiger charge is 2.18. The van der Waals surface area contributed by atoms with Gasteiger partial charge < -0.3 is 4.89 Å². The highest BCUT2D eigenvalue weighted by Crippen LogP contribution is 2.46. The molecule has 0 heterocycles. The molecule has 0 saturated heterocycles. The first kappa shape index (κ1) is 17.6. The maximum atomic E-state index is 10.7. The topological polar surface area (TPSA) is 101 Å². The second kappa shape index (κ2) is 8.38. The maximum absolute atomic E-state index is 10.7. The summed E-state index contributed by atoms with van der Waals surface area (Å²) in [5.74, 6) is 0. The molecule has 0 unspecified atom stereocenters. The lowest BCUT2D eigenvalue weighted by Crippen LogP contribution is -1.88. The standard InChI is InChI=1S/C3H9O4P.C2H7O4P/c1-5-8(4,6-2)7-3;1-5-7(3,4)6-2/h1-3H3;1-2H3,(H,3,4). The largest absolute Gasteiger partial charge is 0.473 e. The number of phosphoric acid groups is 2. The summed E-state index contributed by atoms with van der Waals surface area (Å²) in [4.78, 5) is 8.24. The predicted octanol–water partition coefficient (Wildman–Crippen LogP) is 1.41. The van der Waals surface area contributed by atoms with Gasteiger partial charge in [0.05, 0.1) is 0 Å². The van der Waals surface area contributed by atoms with Gasteiger partial charge in [0.15, 0.2) is 0 Å². The van der Waals surface area contributed by atoms with Crippen LogP contribution < -0.4 is 0 Å². The Morgan fingerprint density at radius 2 is 1.00 bits per heavy atom. The van der Waals surface area contributed by atoms with E-state index in [0.29, 0.717) is 0 Å². The van der Waals surface area contributed by atoms with Crippen LogP contribution in [0.4, 0.5) is 0 Å². The summed E-state index contributed by atoms with van der Waals surface area (Å²) in [5.41, 5.74) is 0. The molecule has 94 valence electrons. The van der Waals surface area contributed by atoms with Crippen molar-refractivity contribution < 1.29 is 36.6 Å². The average molecular weight is 266 g/mol. The van der Waals surface area contributed by atoms with Crippen LogP contribution in [0.15, 0.2) is 0 Å². The van der Waals surface area contributed by atoms with E-state index < -0.39 is 15.6 Å². The molecule has 10 heteroatoms. The quantitative estimate of drug-likeness (QED) is 0.745. The molecule has 0 aromatic rings. The van der Waals surface area contributed by atoms with Crippen LogP contribution in [-0.4, -0.2) is 40.4 Å². The molecule has 0 atom stereocenters. The fourth-order valence-corrected chi connectivity index (χ4v) is 0.894. The molecule has 0 aromatic carbocycles. The number of phosphoric ester groups is 2. The maximum Gasteiger partial charge on any atom is 0.473 e. The third-order valence-corrected chi connectivity index (χ3v) is 3.40. The van der Waals surface area contributed by atoms with Crippen LogP contribution in [0.5, 0.6) is 0 Å². The van der Waals surface area contributed by atoms with Crippen molar-refractivity contribution >= 4 is 15.6 Å². The first-order chi connectivity index (χ1) is 6.80. The third-order valence-electron chi connectivity index (χ3n) is 1.13. The van der Waals surface area contributed by atoms with E-state index in [4.69, 9.17) is 4.89 Å². The van der Waals surface area contributed by atoms with E-state index in [0.717, 1.165) is 14.2 Å². The fourth-order valence-electron chi connectivity index (χ4n) is 0.298. The van der Waals surface area contributed by atoms with Crippen molar-refractivity contribution in [3.8, 4) is 0 Å². The van der Waals surface area contributed by atoms with Crippen LogP contribution in [0.1, 0.15) is 0 Å². The molecular formula is C5H16O8P2. The van der Waals surface area contributed by atoms with E-state index in [2.05, 4.69) is 22.6 Å². The predicted molar refractivity (Wildman–Crippen MR) is 52.5 cm³/mol. The molecule has 0 saturated carbocycles. The minimum Gasteiger partial charge on any atom is -0.303 e. The molecule has 0 fully saturated rings. The van der Waals surface area contributed by atoms with Crippen LogP contribution >= 0.6 is 15.6 Å². The van der Waals surface area contributed by atoms with Crippen molar-refractivity contribution in [3.05, 3.63) is 0 Å². The van der Waals surface area contributed by atoms with Crippen molar-refractivity contribution in [1.29, 1.82) is 0 Å². The average Bonchev–Trinajstić information content (AvgIpc) is 2.29. The molecule has 0 rings (SSSR count). The zero-order chi connectivity index (χ0) is 12.5. The van der Waals surface area contributed by atoms with E-state index >= 15 is 0 Å². The lowest BCUT2D eigenvalue weighted by atomic mass is 11.8. The summed E-state index contributed by atoms with van der Waals surface area (Å²) in [6.07, 6.45) is 0. The summed E-state index contributed by atoms with van der Waals surface area (Å²) >= 11 is 0.